The lowest BCUT2D eigenvalue weighted by Crippen LogP contribution is -2.51. The average molecular weight is 403 g/mol. The summed E-state index contributed by atoms with van der Waals surface area (Å²) >= 11 is 0. The second-order valence-corrected chi connectivity index (χ2v) is 7.34. The van der Waals surface area contributed by atoms with Gasteiger partial charge >= 0.3 is 0 Å². The third kappa shape index (κ3) is 4.38. The summed E-state index contributed by atoms with van der Waals surface area (Å²) in [6, 6.07) is 19.1. The molecule has 6 heteroatoms. The van der Waals surface area contributed by atoms with Gasteiger partial charge in [0.1, 0.15) is 5.75 Å². The van der Waals surface area contributed by atoms with E-state index in [0.29, 0.717) is 38.2 Å². The quantitative estimate of drug-likeness (QED) is 0.658. The lowest BCUT2D eigenvalue weighted by atomic mass is 10.1. The number of carbonyl (C=O) groups is 2. The molecule has 154 valence electrons. The Balaban J connectivity index is 1.32. The Hall–Kier alpha value is -3.54. The molecule has 0 bridgehead atoms. The summed E-state index contributed by atoms with van der Waals surface area (Å²) in [5, 5.41) is 0. The van der Waals surface area contributed by atoms with E-state index in [-0.39, 0.29) is 11.8 Å². The molecule has 30 heavy (non-hydrogen) atoms. The van der Waals surface area contributed by atoms with E-state index in [1.54, 1.807) is 7.11 Å². The number of piperazine rings is 1. The number of hydrogen-bond acceptors (Lipinski definition) is 3. The molecule has 2 aromatic carbocycles. The summed E-state index contributed by atoms with van der Waals surface area (Å²) in [5.74, 6) is 0.832. The number of benzene rings is 2. The molecule has 1 aliphatic heterocycles. The topological polar surface area (TPSA) is 54.8 Å². The highest BCUT2D eigenvalue weighted by Crippen LogP contribution is 2.16. The molecule has 0 radical (unpaired) electrons. The van der Waals surface area contributed by atoms with Gasteiger partial charge in [0.2, 0.25) is 5.91 Å². The molecular formula is C24H25N3O3. The van der Waals surface area contributed by atoms with Gasteiger partial charge in [-0.2, -0.15) is 0 Å². The largest absolute Gasteiger partial charge is 0.497 e. The predicted molar refractivity (Wildman–Crippen MR) is 115 cm³/mol. The van der Waals surface area contributed by atoms with Crippen molar-refractivity contribution < 1.29 is 14.3 Å². The van der Waals surface area contributed by atoms with Crippen molar-refractivity contribution in [2.45, 2.75) is 6.42 Å². The van der Waals surface area contributed by atoms with Crippen LogP contribution in [0.5, 0.6) is 5.75 Å². The number of amides is 2. The Labute approximate surface area is 176 Å². The maximum atomic E-state index is 12.8. The first-order valence-electron chi connectivity index (χ1n) is 10.1. The molecule has 3 aromatic rings. The van der Waals surface area contributed by atoms with E-state index in [4.69, 9.17) is 4.74 Å². The smallest absolute Gasteiger partial charge is 0.253 e. The van der Waals surface area contributed by atoms with Crippen LogP contribution >= 0.6 is 0 Å². The number of rotatable bonds is 5. The first-order valence-corrected chi connectivity index (χ1v) is 10.1. The van der Waals surface area contributed by atoms with E-state index in [0.717, 1.165) is 17.0 Å². The molecule has 0 N–H and O–H groups in total. The minimum atomic E-state index is 0.00829. The summed E-state index contributed by atoms with van der Waals surface area (Å²) in [4.78, 5) is 29.1. The van der Waals surface area contributed by atoms with Crippen LogP contribution in [0.3, 0.4) is 0 Å². The van der Waals surface area contributed by atoms with Crippen molar-refractivity contribution in [1.29, 1.82) is 0 Å². The summed E-state index contributed by atoms with van der Waals surface area (Å²) in [6.07, 6.45) is 4.28. The molecule has 0 spiro atoms. The summed E-state index contributed by atoms with van der Waals surface area (Å²) in [7, 11) is 1.62. The van der Waals surface area contributed by atoms with Crippen molar-refractivity contribution in [2.75, 3.05) is 33.3 Å². The number of carbonyl (C=O) groups excluding carboxylic acids is 2. The summed E-state index contributed by atoms with van der Waals surface area (Å²) in [6.45, 7) is 2.19. The molecule has 0 atom stereocenters. The van der Waals surface area contributed by atoms with Gasteiger partial charge in [-0.3, -0.25) is 9.59 Å². The highest BCUT2D eigenvalue weighted by molar-refractivity contribution is 5.94. The Bertz CT molecular complexity index is 1000. The molecule has 1 aliphatic rings. The first kappa shape index (κ1) is 19.8. The van der Waals surface area contributed by atoms with Gasteiger partial charge in [-0.25, -0.2) is 0 Å². The zero-order valence-corrected chi connectivity index (χ0v) is 17.0. The van der Waals surface area contributed by atoms with Gasteiger partial charge in [-0.1, -0.05) is 12.1 Å². The normalized spacial score (nSPS) is 13.9. The Kier molecular flexibility index (Phi) is 5.84. The molecule has 1 aromatic heterocycles. The second kappa shape index (κ2) is 8.86. The molecule has 4 rings (SSSR count). The third-order valence-electron chi connectivity index (χ3n) is 5.43. The standard InChI is InChI=1S/C24H25N3O3/c1-30-22-6-4-5-19(17-22)18-23(28)26-13-15-27(16-14-26)24(29)20-7-9-21(10-8-20)25-11-2-3-12-25/h2-12,17H,13-16,18H2,1H3. The SMILES string of the molecule is COc1cccc(CC(=O)N2CCN(C(=O)c3ccc(-n4cccc4)cc3)CC2)c1. The lowest BCUT2D eigenvalue weighted by Gasteiger charge is -2.35. The summed E-state index contributed by atoms with van der Waals surface area (Å²) < 4.78 is 7.22. The van der Waals surface area contributed by atoms with Gasteiger partial charge in [0.25, 0.3) is 5.91 Å². The van der Waals surface area contributed by atoms with E-state index in [2.05, 4.69) is 0 Å². The lowest BCUT2D eigenvalue weighted by molar-refractivity contribution is -0.131. The highest BCUT2D eigenvalue weighted by Gasteiger charge is 2.25. The van der Waals surface area contributed by atoms with Crippen LogP contribution < -0.4 is 4.74 Å². The number of ether oxygens (including phenoxy) is 1. The van der Waals surface area contributed by atoms with Crippen molar-refractivity contribution in [3.05, 3.63) is 84.2 Å². The van der Waals surface area contributed by atoms with E-state index in [1.165, 1.54) is 0 Å². The molecule has 1 fully saturated rings. The van der Waals surface area contributed by atoms with E-state index < -0.39 is 0 Å². The van der Waals surface area contributed by atoms with Crippen molar-refractivity contribution in [1.82, 2.24) is 14.4 Å². The number of aromatic nitrogens is 1. The highest BCUT2D eigenvalue weighted by atomic mass is 16.5. The maximum Gasteiger partial charge on any atom is 0.253 e. The molecule has 0 aliphatic carbocycles. The van der Waals surface area contributed by atoms with Crippen LogP contribution in [0.1, 0.15) is 15.9 Å². The molecule has 2 amide bonds. The molecule has 2 heterocycles. The minimum absolute atomic E-state index is 0.00829. The van der Waals surface area contributed by atoms with Gasteiger partial charge in [-0.15, -0.1) is 0 Å². The van der Waals surface area contributed by atoms with Gasteiger partial charge in [0.15, 0.2) is 0 Å². The Morgan fingerprint density at radius 2 is 1.53 bits per heavy atom. The van der Waals surface area contributed by atoms with Crippen LogP contribution in [0.15, 0.2) is 73.1 Å². The van der Waals surface area contributed by atoms with Gasteiger partial charge in [0.05, 0.1) is 13.5 Å². The van der Waals surface area contributed by atoms with Crippen LogP contribution in [0.4, 0.5) is 0 Å². The summed E-state index contributed by atoms with van der Waals surface area (Å²) in [5.41, 5.74) is 2.62. The fourth-order valence-corrected chi connectivity index (χ4v) is 3.69. The van der Waals surface area contributed by atoms with E-state index in [1.807, 2.05) is 87.4 Å². The molecule has 6 nitrogen and oxygen atoms in total. The molecule has 0 unspecified atom stereocenters. The van der Waals surface area contributed by atoms with Crippen LogP contribution in [-0.2, 0) is 11.2 Å². The number of hydrogen-bond donors (Lipinski definition) is 0. The van der Waals surface area contributed by atoms with Crippen molar-refractivity contribution in [2.24, 2.45) is 0 Å². The number of nitrogens with zero attached hydrogens (tertiary/aromatic N) is 3. The Morgan fingerprint density at radius 1 is 0.867 bits per heavy atom. The molecular weight excluding hydrogens is 378 g/mol. The minimum Gasteiger partial charge on any atom is -0.497 e. The third-order valence-corrected chi connectivity index (χ3v) is 5.43. The maximum absolute atomic E-state index is 12.8. The predicted octanol–water partition coefficient (Wildman–Crippen LogP) is 3.01. The monoisotopic (exact) mass is 403 g/mol. The zero-order valence-electron chi connectivity index (χ0n) is 17.0. The van der Waals surface area contributed by atoms with Gasteiger partial charge in [0, 0.05) is 49.8 Å². The fraction of sp³-hybridized carbons (Fsp3) is 0.250. The van der Waals surface area contributed by atoms with E-state index >= 15 is 0 Å². The molecule has 0 saturated carbocycles. The first-order chi connectivity index (χ1) is 14.6. The van der Waals surface area contributed by atoms with Crippen molar-refractivity contribution in [3.63, 3.8) is 0 Å². The van der Waals surface area contributed by atoms with Crippen LogP contribution in [0, 0.1) is 0 Å². The fourth-order valence-electron chi connectivity index (χ4n) is 3.69. The average Bonchev–Trinajstić information content (AvgIpc) is 3.34. The second-order valence-electron chi connectivity index (χ2n) is 7.34. The van der Waals surface area contributed by atoms with Crippen LogP contribution in [0.2, 0.25) is 0 Å². The van der Waals surface area contributed by atoms with Crippen molar-refractivity contribution >= 4 is 11.8 Å². The van der Waals surface area contributed by atoms with Gasteiger partial charge < -0.3 is 19.1 Å². The van der Waals surface area contributed by atoms with E-state index in [9.17, 15) is 9.59 Å². The van der Waals surface area contributed by atoms with Gasteiger partial charge in [-0.05, 0) is 54.1 Å². The number of methoxy groups -OCH3 is 1. The van der Waals surface area contributed by atoms with Crippen LogP contribution in [-0.4, -0.2) is 59.5 Å². The zero-order chi connectivity index (χ0) is 20.9. The van der Waals surface area contributed by atoms with Crippen molar-refractivity contribution in [3.8, 4) is 11.4 Å². The van der Waals surface area contributed by atoms with Crippen LogP contribution in [0.25, 0.3) is 5.69 Å². The Morgan fingerprint density at radius 3 is 2.20 bits per heavy atom. The molecule has 1 saturated heterocycles.